The molecule has 1 aliphatic carbocycles. The molecule has 0 bridgehead atoms. The lowest BCUT2D eigenvalue weighted by molar-refractivity contribution is 0.395. The van der Waals surface area contributed by atoms with Crippen molar-refractivity contribution in [1.82, 2.24) is 15.1 Å². The van der Waals surface area contributed by atoms with Crippen molar-refractivity contribution >= 4 is 0 Å². The standard InChI is InChI=1S/C17H31N3/c1-5-16(18-6-2)17-13(3)19-20(14(17)4)15-11-9-7-8-10-12-15/h15-16,18H,5-12H2,1-4H3. The van der Waals surface area contributed by atoms with E-state index >= 15 is 0 Å². The van der Waals surface area contributed by atoms with Gasteiger partial charge in [-0.25, -0.2) is 0 Å². The maximum Gasteiger partial charge on any atom is 0.0644 e. The zero-order valence-corrected chi connectivity index (χ0v) is 13.7. The molecular weight excluding hydrogens is 246 g/mol. The van der Waals surface area contributed by atoms with Crippen molar-refractivity contribution in [2.75, 3.05) is 6.54 Å². The van der Waals surface area contributed by atoms with E-state index in [0.29, 0.717) is 12.1 Å². The van der Waals surface area contributed by atoms with Gasteiger partial charge in [0, 0.05) is 17.3 Å². The Hall–Kier alpha value is -0.830. The first kappa shape index (κ1) is 15.6. The normalized spacial score (nSPS) is 19.0. The van der Waals surface area contributed by atoms with Crippen molar-refractivity contribution in [2.24, 2.45) is 0 Å². The molecule has 1 atom stereocenters. The average molecular weight is 277 g/mol. The second-order valence-electron chi connectivity index (χ2n) is 6.19. The van der Waals surface area contributed by atoms with Gasteiger partial charge in [0.25, 0.3) is 0 Å². The second-order valence-corrected chi connectivity index (χ2v) is 6.19. The number of hydrogen-bond acceptors (Lipinski definition) is 2. The van der Waals surface area contributed by atoms with Crippen molar-refractivity contribution < 1.29 is 0 Å². The summed E-state index contributed by atoms with van der Waals surface area (Å²) >= 11 is 0. The molecule has 2 rings (SSSR count). The molecule has 3 heteroatoms. The van der Waals surface area contributed by atoms with Gasteiger partial charge in [-0.3, -0.25) is 4.68 Å². The Morgan fingerprint density at radius 3 is 2.35 bits per heavy atom. The minimum absolute atomic E-state index is 0.458. The topological polar surface area (TPSA) is 29.9 Å². The fraction of sp³-hybridized carbons (Fsp3) is 0.824. The van der Waals surface area contributed by atoms with Crippen LogP contribution < -0.4 is 5.32 Å². The van der Waals surface area contributed by atoms with Crippen LogP contribution in [-0.4, -0.2) is 16.3 Å². The molecule has 3 nitrogen and oxygen atoms in total. The van der Waals surface area contributed by atoms with Gasteiger partial charge in [0.1, 0.15) is 0 Å². The van der Waals surface area contributed by atoms with E-state index < -0.39 is 0 Å². The zero-order valence-electron chi connectivity index (χ0n) is 13.7. The number of aromatic nitrogens is 2. The summed E-state index contributed by atoms with van der Waals surface area (Å²) in [6, 6.07) is 1.09. The number of rotatable bonds is 5. The third kappa shape index (κ3) is 3.25. The SMILES string of the molecule is CCNC(CC)c1c(C)nn(C2CCCCCC2)c1C. The summed E-state index contributed by atoms with van der Waals surface area (Å²) in [6.45, 7) is 9.90. The first-order valence-electron chi connectivity index (χ1n) is 8.48. The Labute approximate surface area is 124 Å². The third-order valence-corrected chi connectivity index (χ3v) is 4.76. The van der Waals surface area contributed by atoms with Crippen LogP contribution in [0.15, 0.2) is 0 Å². The quantitative estimate of drug-likeness (QED) is 0.805. The molecule has 1 aromatic rings. The molecule has 1 fully saturated rings. The summed E-state index contributed by atoms with van der Waals surface area (Å²) in [7, 11) is 0. The molecular formula is C17H31N3. The van der Waals surface area contributed by atoms with E-state index in [9.17, 15) is 0 Å². The van der Waals surface area contributed by atoms with Crippen LogP contribution in [0.2, 0.25) is 0 Å². The van der Waals surface area contributed by atoms with Crippen molar-refractivity contribution in [3.8, 4) is 0 Å². The minimum atomic E-state index is 0.458. The van der Waals surface area contributed by atoms with Gasteiger partial charge in [-0.1, -0.05) is 39.5 Å². The van der Waals surface area contributed by atoms with Crippen LogP contribution in [0, 0.1) is 13.8 Å². The van der Waals surface area contributed by atoms with E-state index in [2.05, 4.69) is 37.7 Å². The fourth-order valence-electron chi connectivity index (χ4n) is 3.73. The van der Waals surface area contributed by atoms with E-state index in [0.717, 1.165) is 13.0 Å². The minimum Gasteiger partial charge on any atom is -0.310 e. The maximum atomic E-state index is 4.90. The highest BCUT2D eigenvalue weighted by atomic mass is 15.3. The van der Waals surface area contributed by atoms with Crippen LogP contribution in [-0.2, 0) is 0 Å². The Bertz CT molecular complexity index is 414. The van der Waals surface area contributed by atoms with Crippen LogP contribution in [0.1, 0.15) is 87.8 Å². The first-order valence-corrected chi connectivity index (χ1v) is 8.48. The van der Waals surface area contributed by atoms with Crippen LogP contribution >= 0.6 is 0 Å². The number of hydrogen-bond donors (Lipinski definition) is 1. The van der Waals surface area contributed by atoms with Gasteiger partial charge in [0.15, 0.2) is 0 Å². The summed E-state index contributed by atoms with van der Waals surface area (Å²) in [5, 5.41) is 8.51. The highest BCUT2D eigenvalue weighted by Crippen LogP contribution is 2.31. The molecule has 1 N–H and O–H groups in total. The van der Waals surface area contributed by atoms with E-state index in [1.807, 2.05) is 0 Å². The molecule has 1 aliphatic rings. The number of nitrogens with zero attached hydrogens (tertiary/aromatic N) is 2. The second kappa shape index (κ2) is 7.26. The first-order chi connectivity index (χ1) is 9.69. The predicted molar refractivity (Wildman–Crippen MR) is 85.1 cm³/mol. The molecule has 0 aromatic carbocycles. The van der Waals surface area contributed by atoms with Gasteiger partial charge in [0.05, 0.1) is 11.7 Å². The van der Waals surface area contributed by atoms with Crippen LogP contribution in [0.3, 0.4) is 0 Å². The Kier molecular flexibility index (Phi) is 5.64. The van der Waals surface area contributed by atoms with E-state index in [1.54, 1.807) is 0 Å². The lowest BCUT2D eigenvalue weighted by Crippen LogP contribution is -2.21. The fourth-order valence-corrected chi connectivity index (χ4v) is 3.73. The lowest BCUT2D eigenvalue weighted by Gasteiger charge is -2.19. The highest BCUT2D eigenvalue weighted by Gasteiger charge is 2.23. The highest BCUT2D eigenvalue weighted by molar-refractivity contribution is 5.28. The molecule has 0 aliphatic heterocycles. The van der Waals surface area contributed by atoms with Gasteiger partial charge in [0.2, 0.25) is 0 Å². The zero-order chi connectivity index (χ0) is 14.5. The van der Waals surface area contributed by atoms with Gasteiger partial charge >= 0.3 is 0 Å². The van der Waals surface area contributed by atoms with Gasteiger partial charge in [-0.2, -0.15) is 5.10 Å². The van der Waals surface area contributed by atoms with Gasteiger partial charge in [-0.05, 0) is 39.7 Å². The maximum absolute atomic E-state index is 4.90. The molecule has 1 heterocycles. The van der Waals surface area contributed by atoms with Crippen molar-refractivity contribution in [1.29, 1.82) is 0 Å². The number of aryl methyl sites for hydroxylation is 1. The molecule has 0 saturated heterocycles. The van der Waals surface area contributed by atoms with Gasteiger partial charge < -0.3 is 5.32 Å². The Balaban J connectivity index is 2.27. The number of nitrogens with one attached hydrogen (secondary N) is 1. The predicted octanol–water partition coefficient (Wildman–Crippen LogP) is 4.46. The summed E-state index contributed by atoms with van der Waals surface area (Å²) in [6.07, 6.45) is 9.27. The molecule has 1 aromatic heterocycles. The lowest BCUT2D eigenvalue weighted by atomic mass is 10.0. The molecule has 1 saturated carbocycles. The molecule has 114 valence electrons. The molecule has 0 spiro atoms. The van der Waals surface area contributed by atoms with Crippen LogP contribution in [0.4, 0.5) is 0 Å². The Morgan fingerprint density at radius 1 is 1.15 bits per heavy atom. The molecule has 0 radical (unpaired) electrons. The van der Waals surface area contributed by atoms with Crippen molar-refractivity contribution in [3.05, 3.63) is 17.0 Å². The monoisotopic (exact) mass is 277 g/mol. The van der Waals surface area contributed by atoms with Crippen molar-refractivity contribution in [2.45, 2.75) is 84.7 Å². The van der Waals surface area contributed by atoms with Gasteiger partial charge in [-0.15, -0.1) is 0 Å². The smallest absolute Gasteiger partial charge is 0.0644 e. The largest absolute Gasteiger partial charge is 0.310 e. The van der Waals surface area contributed by atoms with Crippen molar-refractivity contribution in [3.63, 3.8) is 0 Å². The molecule has 20 heavy (non-hydrogen) atoms. The average Bonchev–Trinajstić information content (AvgIpc) is 2.64. The van der Waals surface area contributed by atoms with Crippen LogP contribution in [0.5, 0.6) is 0 Å². The van der Waals surface area contributed by atoms with E-state index in [4.69, 9.17) is 5.10 Å². The third-order valence-electron chi connectivity index (χ3n) is 4.76. The molecule has 1 unspecified atom stereocenters. The summed E-state index contributed by atoms with van der Waals surface area (Å²) in [5.41, 5.74) is 4.06. The summed E-state index contributed by atoms with van der Waals surface area (Å²) < 4.78 is 2.34. The summed E-state index contributed by atoms with van der Waals surface area (Å²) in [4.78, 5) is 0. The summed E-state index contributed by atoms with van der Waals surface area (Å²) in [5.74, 6) is 0. The Morgan fingerprint density at radius 2 is 1.80 bits per heavy atom. The van der Waals surface area contributed by atoms with E-state index in [1.165, 1.54) is 55.5 Å². The van der Waals surface area contributed by atoms with Crippen LogP contribution in [0.25, 0.3) is 0 Å². The van der Waals surface area contributed by atoms with E-state index in [-0.39, 0.29) is 0 Å². The molecule has 0 amide bonds.